The summed E-state index contributed by atoms with van der Waals surface area (Å²) in [6, 6.07) is 0. The zero-order chi connectivity index (χ0) is 9.68. The normalized spacial score (nSPS) is 32.1. The van der Waals surface area contributed by atoms with E-state index in [-0.39, 0.29) is 0 Å². The molecule has 0 spiro atoms. The first kappa shape index (κ1) is 11.3. The van der Waals surface area contributed by atoms with Crippen LogP contribution in [0.2, 0.25) is 0 Å². The van der Waals surface area contributed by atoms with E-state index in [1.807, 2.05) is 12.2 Å². The number of rotatable bonds is 0. The fraction of sp³-hybridized carbons (Fsp3) is 0.400. The van der Waals surface area contributed by atoms with Crippen molar-refractivity contribution in [2.45, 2.75) is 25.7 Å². The van der Waals surface area contributed by atoms with Gasteiger partial charge in [0.1, 0.15) is 0 Å². The Morgan fingerprint density at radius 3 is 2.62 bits per heavy atom. The van der Waals surface area contributed by atoms with Crippen molar-refractivity contribution in [1.82, 2.24) is 0 Å². The second-order valence-corrected chi connectivity index (χ2v) is 4.49. The van der Waals surface area contributed by atoms with Crippen LogP contribution < -0.4 is 0 Å². The summed E-state index contributed by atoms with van der Waals surface area (Å²) >= 11 is 13.1. The average Bonchev–Trinajstić information content (AvgIpc) is 2.13. The summed E-state index contributed by atoms with van der Waals surface area (Å²) in [6.45, 7) is 0. The highest BCUT2D eigenvalue weighted by Gasteiger charge is 2.02. The lowest BCUT2D eigenvalue weighted by molar-refractivity contribution is 0.757. The van der Waals surface area contributed by atoms with E-state index in [9.17, 15) is 0 Å². The quantitative estimate of drug-likeness (QED) is 0.515. The number of hydrogen-bond acceptors (Lipinski definition) is 3. The lowest BCUT2D eigenvalue weighted by Crippen LogP contribution is -1.84. The lowest BCUT2D eigenvalue weighted by Gasteiger charge is -2.06. The monoisotopic (exact) mass is 230 g/mol. The molecule has 0 saturated heterocycles. The molecule has 0 radical (unpaired) electrons. The molecule has 0 N–H and O–H groups in total. The van der Waals surface area contributed by atoms with Gasteiger partial charge in [0.2, 0.25) is 0 Å². The highest BCUT2D eigenvalue weighted by molar-refractivity contribution is 7.92. The molecule has 0 nitrogen and oxygen atoms in total. The SMILES string of the molecule is SC1=C\C=C/CCCC/C(S)=C\1S. The molecule has 0 bridgehead atoms. The van der Waals surface area contributed by atoms with Crippen LogP contribution in [-0.4, -0.2) is 0 Å². The van der Waals surface area contributed by atoms with Crippen LogP contribution >= 0.6 is 37.9 Å². The van der Waals surface area contributed by atoms with E-state index in [4.69, 9.17) is 0 Å². The van der Waals surface area contributed by atoms with Gasteiger partial charge in [-0.1, -0.05) is 12.2 Å². The standard InChI is InChI=1S/C10H14S3/c11-8-6-4-2-1-3-5-7-9(12)10(8)13/h2,4,6,11-13H,1,3,5,7H2/b4-2-,8-6-,10-9-. The molecule has 0 aliphatic heterocycles. The highest BCUT2D eigenvalue weighted by atomic mass is 32.1. The van der Waals surface area contributed by atoms with Gasteiger partial charge in [0.15, 0.2) is 0 Å². The topological polar surface area (TPSA) is 0 Å². The van der Waals surface area contributed by atoms with Crippen molar-refractivity contribution in [2.75, 3.05) is 0 Å². The van der Waals surface area contributed by atoms with Crippen molar-refractivity contribution in [2.24, 2.45) is 0 Å². The third-order valence-corrected chi connectivity index (χ3v) is 3.62. The summed E-state index contributed by atoms with van der Waals surface area (Å²) in [7, 11) is 0. The van der Waals surface area contributed by atoms with Crippen LogP contribution in [0.25, 0.3) is 0 Å². The summed E-state index contributed by atoms with van der Waals surface area (Å²) in [5, 5.41) is 0. The zero-order valence-corrected chi connectivity index (χ0v) is 10.1. The molecule has 1 aliphatic rings. The van der Waals surface area contributed by atoms with E-state index < -0.39 is 0 Å². The molecule has 0 unspecified atom stereocenters. The summed E-state index contributed by atoms with van der Waals surface area (Å²) in [5.74, 6) is 0. The average molecular weight is 230 g/mol. The molecular weight excluding hydrogens is 216 g/mol. The van der Waals surface area contributed by atoms with Crippen LogP contribution in [0.4, 0.5) is 0 Å². The molecule has 0 saturated carbocycles. The van der Waals surface area contributed by atoms with Gasteiger partial charge in [-0.2, -0.15) is 0 Å². The molecule has 0 atom stereocenters. The van der Waals surface area contributed by atoms with Gasteiger partial charge in [-0.3, -0.25) is 0 Å². The van der Waals surface area contributed by atoms with Crippen LogP contribution in [-0.2, 0) is 0 Å². The van der Waals surface area contributed by atoms with Crippen molar-refractivity contribution in [3.8, 4) is 0 Å². The largest absolute Gasteiger partial charge is 0.147 e. The summed E-state index contributed by atoms with van der Waals surface area (Å²) in [4.78, 5) is 2.84. The molecule has 0 aromatic heterocycles. The van der Waals surface area contributed by atoms with Gasteiger partial charge in [-0.05, 0) is 36.7 Å². The number of hydrogen-bond donors (Lipinski definition) is 3. The third kappa shape index (κ3) is 3.88. The van der Waals surface area contributed by atoms with Crippen molar-refractivity contribution in [1.29, 1.82) is 0 Å². The first-order valence-corrected chi connectivity index (χ1v) is 5.73. The Balaban J connectivity index is 2.86. The molecule has 0 aromatic rings. The second kappa shape index (κ2) is 5.89. The predicted octanol–water partition coefficient (Wildman–Crippen LogP) is 4.00. The van der Waals surface area contributed by atoms with Crippen LogP contribution in [0.1, 0.15) is 25.7 Å². The summed E-state index contributed by atoms with van der Waals surface area (Å²) in [5.41, 5.74) is 0. The van der Waals surface area contributed by atoms with E-state index in [2.05, 4.69) is 44.0 Å². The van der Waals surface area contributed by atoms with Gasteiger partial charge in [-0.15, -0.1) is 37.9 Å². The summed E-state index contributed by atoms with van der Waals surface area (Å²) < 4.78 is 0. The molecule has 0 heterocycles. The van der Waals surface area contributed by atoms with Gasteiger partial charge in [0, 0.05) is 9.81 Å². The van der Waals surface area contributed by atoms with E-state index in [1.165, 1.54) is 12.8 Å². The van der Waals surface area contributed by atoms with Crippen molar-refractivity contribution in [3.05, 3.63) is 32.9 Å². The van der Waals surface area contributed by atoms with E-state index in [0.717, 1.165) is 27.6 Å². The van der Waals surface area contributed by atoms with Crippen molar-refractivity contribution < 1.29 is 0 Å². The third-order valence-electron chi connectivity index (χ3n) is 1.94. The minimum atomic E-state index is 0.895. The Morgan fingerprint density at radius 1 is 1.08 bits per heavy atom. The Kier molecular flexibility index (Phi) is 5.14. The van der Waals surface area contributed by atoms with E-state index >= 15 is 0 Å². The minimum Gasteiger partial charge on any atom is -0.147 e. The molecule has 0 amide bonds. The maximum Gasteiger partial charge on any atom is 0.0267 e. The Bertz CT molecular complexity index is 261. The summed E-state index contributed by atoms with van der Waals surface area (Å²) in [6.07, 6.45) is 10.7. The van der Waals surface area contributed by atoms with E-state index in [1.54, 1.807) is 0 Å². The van der Waals surface area contributed by atoms with Crippen LogP contribution in [0, 0.1) is 0 Å². The maximum atomic E-state index is 4.40. The fourth-order valence-electron chi connectivity index (χ4n) is 1.16. The Morgan fingerprint density at radius 2 is 1.85 bits per heavy atom. The first-order chi connectivity index (χ1) is 6.22. The molecule has 1 rings (SSSR count). The first-order valence-electron chi connectivity index (χ1n) is 4.39. The van der Waals surface area contributed by atoms with Gasteiger partial charge < -0.3 is 0 Å². The van der Waals surface area contributed by atoms with Crippen molar-refractivity contribution in [3.63, 3.8) is 0 Å². The molecule has 0 fully saturated rings. The predicted molar refractivity (Wildman–Crippen MR) is 69.7 cm³/mol. The van der Waals surface area contributed by atoms with E-state index in [0.29, 0.717) is 0 Å². The minimum absolute atomic E-state index is 0.895. The van der Waals surface area contributed by atoms with Crippen LogP contribution in [0.5, 0.6) is 0 Å². The molecule has 3 heteroatoms. The van der Waals surface area contributed by atoms with Gasteiger partial charge in [0.05, 0.1) is 0 Å². The maximum absolute atomic E-state index is 4.40. The second-order valence-electron chi connectivity index (χ2n) is 3.02. The Labute approximate surface area is 96.4 Å². The van der Waals surface area contributed by atoms with Gasteiger partial charge >= 0.3 is 0 Å². The zero-order valence-electron chi connectivity index (χ0n) is 7.40. The van der Waals surface area contributed by atoms with Crippen LogP contribution in [0.3, 0.4) is 0 Å². The van der Waals surface area contributed by atoms with Gasteiger partial charge in [-0.25, -0.2) is 0 Å². The number of thiol groups is 3. The molecule has 1 aliphatic carbocycles. The molecule has 0 aromatic carbocycles. The number of allylic oxidation sites excluding steroid dienone is 4. The molecule has 13 heavy (non-hydrogen) atoms. The highest BCUT2D eigenvalue weighted by Crippen LogP contribution is 2.28. The smallest absolute Gasteiger partial charge is 0.0267 e. The fourth-order valence-corrected chi connectivity index (χ4v) is 1.93. The lowest BCUT2D eigenvalue weighted by atomic mass is 10.1. The van der Waals surface area contributed by atoms with Gasteiger partial charge in [0.25, 0.3) is 0 Å². The molecular formula is C10H14S3. The van der Waals surface area contributed by atoms with Crippen LogP contribution in [0.15, 0.2) is 32.9 Å². The van der Waals surface area contributed by atoms with Crippen molar-refractivity contribution >= 4 is 37.9 Å². The Hall–Kier alpha value is 0.270. The molecule has 72 valence electrons.